The fourth-order valence-corrected chi connectivity index (χ4v) is 2.36. The largest absolute Gasteiger partial charge is 0.326 e. The van der Waals surface area contributed by atoms with E-state index in [2.05, 4.69) is 26.6 Å². The fourth-order valence-electron chi connectivity index (χ4n) is 1.93. The highest BCUT2D eigenvalue weighted by atomic mass is 79.9. The summed E-state index contributed by atoms with van der Waals surface area (Å²) in [5, 5.41) is 6.08. The van der Waals surface area contributed by atoms with Crippen molar-refractivity contribution in [3.8, 4) is 0 Å². The van der Waals surface area contributed by atoms with Crippen molar-refractivity contribution in [1.82, 2.24) is 0 Å². The van der Waals surface area contributed by atoms with Crippen LogP contribution >= 0.6 is 27.5 Å². The third-order valence-corrected chi connectivity index (χ3v) is 4.32. The molecule has 2 aromatic carbocycles. The van der Waals surface area contributed by atoms with Crippen molar-refractivity contribution in [3.63, 3.8) is 0 Å². The van der Waals surface area contributed by atoms with Crippen LogP contribution in [-0.4, -0.2) is 11.8 Å². The molecule has 0 aliphatic carbocycles. The molecule has 4 nitrogen and oxygen atoms in total. The van der Waals surface area contributed by atoms with Gasteiger partial charge >= 0.3 is 0 Å². The lowest BCUT2D eigenvalue weighted by atomic mass is 10.2. The van der Waals surface area contributed by atoms with E-state index in [-0.39, 0.29) is 11.8 Å². The summed E-state index contributed by atoms with van der Waals surface area (Å²) in [5.74, 6) is -0.274. The molecule has 0 fully saturated rings. The van der Waals surface area contributed by atoms with Gasteiger partial charge in [-0.25, -0.2) is 0 Å². The Labute approximate surface area is 148 Å². The van der Waals surface area contributed by atoms with E-state index >= 15 is 0 Å². The third-order valence-electron chi connectivity index (χ3n) is 3.09. The van der Waals surface area contributed by atoms with Crippen LogP contribution in [0.3, 0.4) is 0 Å². The molecule has 23 heavy (non-hydrogen) atoms. The van der Waals surface area contributed by atoms with E-state index in [9.17, 15) is 9.59 Å². The summed E-state index contributed by atoms with van der Waals surface area (Å²) in [5.41, 5.74) is 1.78. The Morgan fingerprint density at radius 2 is 1.70 bits per heavy atom. The number of amides is 2. The van der Waals surface area contributed by atoms with E-state index in [1.807, 2.05) is 6.92 Å². The molecule has 0 aliphatic heterocycles. The summed E-state index contributed by atoms with van der Waals surface area (Å²) in [6, 6.07) is 11.9. The van der Waals surface area contributed by atoms with E-state index in [1.165, 1.54) is 0 Å². The van der Waals surface area contributed by atoms with Gasteiger partial charge in [-0.05, 0) is 64.8 Å². The number of benzene rings is 2. The summed E-state index contributed by atoms with van der Waals surface area (Å²) in [6.07, 6.45) is 1.27. The topological polar surface area (TPSA) is 58.2 Å². The number of hydrogen-bond acceptors (Lipinski definition) is 2. The number of rotatable bonds is 5. The van der Waals surface area contributed by atoms with Gasteiger partial charge in [0.15, 0.2) is 0 Å². The lowest BCUT2D eigenvalue weighted by molar-refractivity contribution is -0.116. The summed E-state index contributed by atoms with van der Waals surface area (Å²) in [4.78, 5) is 23.7. The van der Waals surface area contributed by atoms with Gasteiger partial charge < -0.3 is 10.6 Å². The number of anilines is 2. The molecule has 0 atom stereocenters. The Morgan fingerprint density at radius 1 is 1.04 bits per heavy atom. The van der Waals surface area contributed by atoms with Crippen molar-refractivity contribution in [2.24, 2.45) is 0 Å². The molecule has 0 saturated heterocycles. The Morgan fingerprint density at radius 3 is 2.30 bits per heavy atom. The normalized spacial score (nSPS) is 10.2. The minimum absolute atomic E-state index is 0.0331. The zero-order valence-electron chi connectivity index (χ0n) is 12.5. The minimum atomic E-state index is -0.241. The molecule has 0 radical (unpaired) electrons. The second-order valence-electron chi connectivity index (χ2n) is 4.96. The number of nitrogens with one attached hydrogen (secondary N) is 2. The zero-order chi connectivity index (χ0) is 16.8. The third kappa shape index (κ3) is 5.08. The molecule has 0 aliphatic rings. The van der Waals surface area contributed by atoms with Crippen LogP contribution in [0.15, 0.2) is 46.9 Å². The van der Waals surface area contributed by atoms with Crippen LogP contribution in [0.5, 0.6) is 0 Å². The van der Waals surface area contributed by atoms with Gasteiger partial charge in [0.05, 0.1) is 5.02 Å². The molecule has 0 heterocycles. The van der Waals surface area contributed by atoms with Crippen LogP contribution in [0, 0.1) is 0 Å². The number of carbonyl (C=O) groups is 2. The molecular weight excluding hydrogens is 380 g/mol. The van der Waals surface area contributed by atoms with E-state index < -0.39 is 0 Å². The maximum atomic E-state index is 12.2. The predicted molar refractivity (Wildman–Crippen MR) is 97.1 cm³/mol. The minimum Gasteiger partial charge on any atom is -0.326 e. The van der Waals surface area contributed by atoms with Crippen LogP contribution in [0.25, 0.3) is 0 Å². The summed E-state index contributed by atoms with van der Waals surface area (Å²) in [7, 11) is 0. The smallest absolute Gasteiger partial charge is 0.255 e. The van der Waals surface area contributed by atoms with Gasteiger partial charge in [-0.1, -0.05) is 18.5 Å². The molecule has 0 bridgehead atoms. The Bertz CT molecular complexity index is 717. The van der Waals surface area contributed by atoms with Crippen molar-refractivity contribution in [2.45, 2.75) is 19.8 Å². The lowest BCUT2D eigenvalue weighted by Crippen LogP contribution is -2.13. The summed E-state index contributed by atoms with van der Waals surface area (Å²) >= 11 is 9.30. The molecule has 0 spiro atoms. The van der Waals surface area contributed by atoms with Crippen molar-refractivity contribution in [1.29, 1.82) is 0 Å². The van der Waals surface area contributed by atoms with Crippen LogP contribution < -0.4 is 10.6 Å². The maximum Gasteiger partial charge on any atom is 0.255 e. The van der Waals surface area contributed by atoms with Crippen molar-refractivity contribution >= 4 is 50.7 Å². The molecule has 0 saturated carbocycles. The molecule has 2 amide bonds. The van der Waals surface area contributed by atoms with E-state index in [4.69, 9.17) is 11.6 Å². The SMILES string of the molecule is CCCC(=O)Nc1ccc(C(=O)Nc2ccc(Br)c(Cl)c2)cc1. The number of carbonyl (C=O) groups excluding carboxylic acids is 2. The molecule has 2 rings (SSSR count). The molecule has 120 valence electrons. The monoisotopic (exact) mass is 394 g/mol. The first-order valence-corrected chi connectivity index (χ1v) is 8.33. The fraction of sp³-hybridized carbons (Fsp3) is 0.176. The first kappa shape index (κ1) is 17.5. The van der Waals surface area contributed by atoms with Gasteiger partial charge in [-0.15, -0.1) is 0 Å². The maximum absolute atomic E-state index is 12.2. The van der Waals surface area contributed by atoms with E-state index in [1.54, 1.807) is 42.5 Å². The van der Waals surface area contributed by atoms with Crippen LogP contribution in [0.1, 0.15) is 30.1 Å². The van der Waals surface area contributed by atoms with Crippen molar-refractivity contribution < 1.29 is 9.59 Å². The first-order valence-electron chi connectivity index (χ1n) is 7.16. The Kier molecular flexibility index (Phi) is 6.19. The molecule has 2 N–H and O–H groups in total. The highest BCUT2D eigenvalue weighted by Gasteiger charge is 2.08. The number of halogens is 2. The molecule has 2 aromatic rings. The summed E-state index contributed by atoms with van der Waals surface area (Å²) in [6.45, 7) is 1.95. The second-order valence-corrected chi connectivity index (χ2v) is 6.22. The lowest BCUT2D eigenvalue weighted by Gasteiger charge is -2.08. The van der Waals surface area contributed by atoms with Crippen molar-refractivity contribution in [2.75, 3.05) is 10.6 Å². The first-order chi connectivity index (χ1) is 11.0. The van der Waals surface area contributed by atoms with Gasteiger partial charge in [0.2, 0.25) is 5.91 Å². The van der Waals surface area contributed by atoms with Gasteiger partial charge in [-0.2, -0.15) is 0 Å². The van der Waals surface area contributed by atoms with Crippen molar-refractivity contribution in [3.05, 3.63) is 57.5 Å². The highest BCUT2D eigenvalue weighted by Crippen LogP contribution is 2.25. The molecule has 0 unspecified atom stereocenters. The Hall–Kier alpha value is -1.85. The standard InChI is InChI=1S/C17H16BrClN2O2/c1-2-3-16(22)20-12-6-4-11(5-7-12)17(23)21-13-8-9-14(18)15(19)10-13/h4-10H,2-3H2,1H3,(H,20,22)(H,21,23). The zero-order valence-corrected chi connectivity index (χ0v) is 14.9. The molecule has 6 heteroatoms. The predicted octanol–water partition coefficient (Wildman–Crippen LogP) is 5.09. The average molecular weight is 396 g/mol. The van der Waals surface area contributed by atoms with E-state index in [0.29, 0.717) is 28.4 Å². The van der Waals surface area contributed by atoms with Crippen LogP contribution in [0.4, 0.5) is 11.4 Å². The second kappa shape index (κ2) is 8.13. The van der Waals surface area contributed by atoms with Gasteiger partial charge in [0.25, 0.3) is 5.91 Å². The quantitative estimate of drug-likeness (QED) is 0.740. The van der Waals surface area contributed by atoms with E-state index in [0.717, 1.165) is 10.9 Å². The van der Waals surface area contributed by atoms with Crippen LogP contribution in [0.2, 0.25) is 5.02 Å². The molecule has 0 aromatic heterocycles. The van der Waals surface area contributed by atoms with Gasteiger partial charge in [-0.3, -0.25) is 9.59 Å². The van der Waals surface area contributed by atoms with Gasteiger partial charge in [0, 0.05) is 27.8 Å². The van der Waals surface area contributed by atoms with Gasteiger partial charge in [0.1, 0.15) is 0 Å². The Balaban J connectivity index is 2.02. The highest BCUT2D eigenvalue weighted by molar-refractivity contribution is 9.10. The average Bonchev–Trinajstić information content (AvgIpc) is 2.52. The summed E-state index contributed by atoms with van der Waals surface area (Å²) < 4.78 is 0.768. The molecular formula is C17H16BrClN2O2. The van der Waals surface area contributed by atoms with Crippen LogP contribution in [-0.2, 0) is 4.79 Å². The number of hydrogen-bond donors (Lipinski definition) is 2.